The molecule has 1 aromatic carbocycles. The Hall–Kier alpha value is -1.67. The number of hydrogen-bond acceptors (Lipinski definition) is 2. The molecule has 0 saturated carbocycles. The van der Waals surface area contributed by atoms with E-state index in [1.165, 1.54) is 16.7 Å². The summed E-state index contributed by atoms with van der Waals surface area (Å²) >= 11 is 0. The van der Waals surface area contributed by atoms with Crippen molar-refractivity contribution in [3.63, 3.8) is 0 Å². The summed E-state index contributed by atoms with van der Waals surface area (Å²) in [5.74, 6) is 0. The standard InChI is InChI=1S/C19H26N2/c1-19(2,3)17-10-8-16(9-11-17)18(20-4)12-7-15-6-5-13-21-14-15/h5-6,8-11,13-14,18,20H,7,12H2,1-4H3. The Morgan fingerprint density at radius 3 is 2.33 bits per heavy atom. The summed E-state index contributed by atoms with van der Waals surface area (Å²) in [4.78, 5) is 4.18. The van der Waals surface area contributed by atoms with Gasteiger partial charge >= 0.3 is 0 Å². The monoisotopic (exact) mass is 282 g/mol. The molecular formula is C19H26N2. The van der Waals surface area contributed by atoms with E-state index in [4.69, 9.17) is 0 Å². The van der Waals surface area contributed by atoms with Crippen LogP contribution in [0.3, 0.4) is 0 Å². The summed E-state index contributed by atoms with van der Waals surface area (Å²) in [5, 5.41) is 3.43. The minimum atomic E-state index is 0.212. The summed E-state index contributed by atoms with van der Waals surface area (Å²) in [6.45, 7) is 6.75. The van der Waals surface area contributed by atoms with E-state index < -0.39 is 0 Å². The lowest BCUT2D eigenvalue weighted by molar-refractivity contribution is 0.546. The highest BCUT2D eigenvalue weighted by Gasteiger charge is 2.15. The smallest absolute Gasteiger partial charge is 0.0320 e. The maximum atomic E-state index is 4.18. The molecule has 2 aromatic rings. The van der Waals surface area contributed by atoms with Crippen LogP contribution in [0.25, 0.3) is 0 Å². The van der Waals surface area contributed by atoms with Gasteiger partial charge in [0.2, 0.25) is 0 Å². The second kappa shape index (κ2) is 6.86. The normalized spacial score (nSPS) is 13.1. The van der Waals surface area contributed by atoms with Crippen molar-refractivity contribution in [2.45, 2.75) is 45.1 Å². The maximum absolute atomic E-state index is 4.18. The van der Waals surface area contributed by atoms with Crippen LogP contribution in [-0.4, -0.2) is 12.0 Å². The molecule has 2 heteroatoms. The molecule has 0 aliphatic heterocycles. The number of aromatic nitrogens is 1. The lowest BCUT2D eigenvalue weighted by Crippen LogP contribution is -2.18. The van der Waals surface area contributed by atoms with Gasteiger partial charge in [-0.3, -0.25) is 4.98 Å². The van der Waals surface area contributed by atoms with Crippen LogP contribution in [0.15, 0.2) is 48.8 Å². The van der Waals surface area contributed by atoms with E-state index in [9.17, 15) is 0 Å². The molecule has 1 heterocycles. The van der Waals surface area contributed by atoms with Crippen LogP contribution in [0.5, 0.6) is 0 Å². The highest BCUT2D eigenvalue weighted by Crippen LogP contribution is 2.25. The van der Waals surface area contributed by atoms with Gasteiger partial charge in [-0.25, -0.2) is 0 Å². The number of nitrogens with zero attached hydrogens (tertiary/aromatic N) is 1. The Morgan fingerprint density at radius 2 is 1.81 bits per heavy atom. The largest absolute Gasteiger partial charge is 0.313 e. The molecule has 0 aliphatic carbocycles. The van der Waals surface area contributed by atoms with Gasteiger partial charge in [-0.15, -0.1) is 0 Å². The van der Waals surface area contributed by atoms with Crippen molar-refractivity contribution in [3.8, 4) is 0 Å². The van der Waals surface area contributed by atoms with Crippen molar-refractivity contribution in [3.05, 3.63) is 65.5 Å². The van der Waals surface area contributed by atoms with Crippen LogP contribution in [-0.2, 0) is 11.8 Å². The number of nitrogens with one attached hydrogen (secondary N) is 1. The van der Waals surface area contributed by atoms with Crippen LogP contribution < -0.4 is 5.32 Å². The van der Waals surface area contributed by atoms with Gasteiger partial charge in [0.1, 0.15) is 0 Å². The van der Waals surface area contributed by atoms with Gasteiger partial charge in [0, 0.05) is 18.4 Å². The average Bonchev–Trinajstić information content (AvgIpc) is 2.48. The molecule has 1 atom stereocenters. The first-order chi connectivity index (χ1) is 10.0. The molecule has 0 saturated heterocycles. The third kappa shape index (κ3) is 4.40. The Labute approximate surface area is 128 Å². The Balaban J connectivity index is 2.04. The fourth-order valence-corrected chi connectivity index (χ4v) is 2.55. The summed E-state index contributed by atoms with van der Waals surface area (Å²) < 4.78 is 0. The van der Waals surface area contributed by atoms with E-state index in [0.29, 0.717) is 6.04 Å². The third-order valence-electron chi connectivity index (χ3n) is 3.97. The molecule has 0 radical (unpaired) electrons. The van der Waals surface area contributed by atoms with Crippen molar-refractivity contribution in [2.24, 2.45) is 0 Å². The van der Waals surface area contributed by atoms with Crippen LogP contribution in [0.1, 0.15) is 49.9 Å². The average molecular weight is 282 g/mol. The Morgan fingerprint density at radius 1 is 1.10 bits per heavy atom. The van der Waals surface area contributed by atoms with Crippen molar-refractivity contribution >= 4 is 0 Å². The molecule has 2 rings (SSSR count). The van der Waals surface area contributed by atoms with Crippen molar-refractivity contribution < 1.29 is 0 Å². The topological polar surface area (TPSA) is 24.9 Å². The predicted molar refractivity (Wildman–Crippen MR) is 89.5 cm³/mol. The first kappa shape index (κ1) is 15.7. The fourth-order valence-electron chi connectivity index (χ4n) is 2.55. The zero-order valence-corrected chi connectivity index (χ0v) is 13.6. The van der Waals surface area contributed by atoms with E-state index >= 15 is 0 Å². The zero-order chi connectivity index (χ0) is 15.3. The van der Waals surface area contributed by atoms with Gasteiger partial charge in [-0.1, -0.05) is 51.1 Å². The summed E-state index contributed by atoms with van der Waals surface area (Å²) in [6, 6.07) is 13.5. The Bertz CT molecular complexity index is 538. The van der Waals surface area contributed by atoms with E-state index in [2.05, 4.69) is 61.4 Å². The van der Waals surface area contributed by atoms with Crippen molar-refractivity contribution in [2.75, 3.05) is 7.05 Å². The first-order valence-corrected chi connectivity index (χ1v) is 7.67. The number of aryl methyl sites for hydroxylation is 1. The van der Waals surface area contributed by atoms with Crippen LogP contribution >= 0.6 is 0 Å². The predicted octanol–water partition coefficient (Wildman–Crippen LogP) is 4.27. The molecule has 0 amide bonds. The van der Waals surface area contributed by atoms with E-state index in [1.54, 1.807) is 0 Å². The van der Waals surface area contributed by atoms with E-state index in [0.717, 1.165) is 12.8 Å². The molecule has 112 valence electrons. The number of hydrogen-bond donors (Lipinski definition) is 1. The molecule has 0 bridgehead atoms. The summed E-state index contributed by atoms with van der Waals surface area (Å²) in [6.07, 6.45) is 5.90. The first-order valence-electron chi connectivity index (χ1n) is 7.67. The minimum absolute atomic E-state index is 0.212. The number of rotatable bonds is 5. The van der Waals surface area contributed by atoms with Gasteiger partial charge < -0.3 is 5.32 Å². The van der Waals surface area contributed by atoms with Gasteiger partial charge in [0.15, 0.2) is 0 Å². The molecule has 2 nitrogen and oxygen atoms in total. The molecule has 0 spiro atoms. The Kier molecular flexibility index (Phi) is 5.13. The number of pyridine rings is 1. The van der Waals surface area contributed by atoms with E-state index in [1.807, 2.05) is 25.5 Å². The highest BCUT2D eigenvalue weighted by atomic mass is 14.9. The van der Waals surface area contributed by atoms with Crippen molar-refractivity contribution in [1.82, 2.24) is 10.3 Å². The van der Waals surface area contributed by atoms with Crippen LogP contribution in [0.4, 0.5) is 0 Å². The van der Waals surface area contributed by atoms with E-state index in [-0.39, 0.29) is 5.41 Å². The summed E-state index contributed by atoms with van der Waals surface area (Å²) in [5.41, 5.74) is 4.25. The third-order valence-corrected chi connectivity index (χ3v) is 3.97. The summed E-state index contributed by atoms with van der Waals surface area (Å²) in [7, 11) is 2.03. The fraction of sp³-hybridized carbons (Fsp3) is 0.421. The molecular weight excluding hydrogens is 256 g/mol. The molecule has 1 unspecified atom stereocenters. The zero-order valence-electron chi connectivity index (χ0n) is 13.6. The van der Waals surface area contributed by atoms with Gasteiger partial charge in [0.05, 0.1) is 0 Å². The molecule has 21 heavy (non-hydrogen) atoms. The SMILES string of the molecule is CNC(CCc1cccnc1)c1ccc(C(C)(C)C)cc1. The van der Waals surface area contributed by atoms with Crippen molar-refractivity contribution in [1.29, 1.82) is 0 Å². The minimum Gasteiger partial charge on any atom is -0.313 e. The number of benzene rings is 1. The van der Waals surface area contributed by atoms with Gasteiger partial charge in [-0.05, 0) is 48.1 Å². The second-order valence-corrected chi connectivity index (χ2v) is 6.61. The quantitative estimate of drug-likeness (QED) is 0.885. The lowest BCUT2D eigenvalue weighted by Gasteiger charge is -2.21. The van der Waals surface area contributed by atoms with Crippen LogP contribution in [0.2, 0.25) is 0 Å². The lowest BCUT2D eigenvalue weighted by atomic mass is 9.86. The highest BCUT2D eigenvalue weighted by molar-refractivity contribution is 5.29. The maximum Gasteiger partial charge on any atom is 0.0320 e. The van der Waals surface area contributed by atoms with Crippen LogP contribution in [0, 0.1) is 0 Å². The van der Waals surface area contributed by atoms with Gasteiger partial charge in [0.25, 0.3) is 0 Å². The second-order valence-electron chi connectivity index (χ2n) is 6.61. The van der Waals surface area contributed by atoms with Gasteiger partial charge in [-0.2, -0.15) is 0 Å². The molecule has 0 aliphatic rings. The molecule has 0 fully saturated rings. The molecule has 1 aromatic heterocycles. The molecule has 1 N–H and O–H groups in total.